The van der Waals surface area contributed by atoms with E-state index in [0.29, 0.717) is 21.4 Å². The summed E-state index contributed by atoms with van der Waals surface area (Å²) in [5.74, 6) is -0.668. The van der Waals surface area contributed by atoms with Gasteiger partial charge < -0.3 is 11.1 Å². The number of hydrogen-bond acceptors (Lipinski definition) is 4. The Hall–Kier alpha value is -3.29. The lowest BCUT2D eigenvalue weighted by Crippen LogP contribution is -2.14. The summed E-state index contributed by atoms with van der Waals surface area (Å²) < 4.78 is 3.31. The molecule has 3 N–H and O–H groups in total. The lowest BCUT2D eigenvalue weighted by atomic mass is 10.2. The number of hydrogen-bond donors (Lipinski definition) is 2. The second-order valence-corrected chi connectivity index (χ2v) is 7.60. The molecule has 9 heteroatoms. The predicted molar refractivity (Wildman–Crippen MR) is 118 cm³/mol. The number of carbonyl (C=O) groups excluding carboxylic acids is 1. The van der Waals surface area contributed by atoms with E-state index in [0.717, 1.165) is 22.8 Å². The summed E-state index contributed by atoms with van der Waals surface area (Å²) >= 11 is 12.5. The van der Waals surface area contributed by atoms with Crippen molar-refractivity contribution in [1.29, 1.82) is 0 Å². The van der Waals surface area contributed by atoms with E-state index in [4.69, 9.17) is 28.9 Å². The van der Waals surface area contributed by atoms with E-state index in [1.807, 2.05) is 48.9 Å². The van der Waals surface area contributed by atoms with Crippen molar-refractivity contribution in [3.05, 3.63) is 81.9 Å². The molecule has 0 saturated heterocycles. The average Bonchev–Trinajstić information content (AvgIpc) is 3.25. The number of benzene rings is 2. The fraction of sp³-hybridized carbons (Fsp3) is 0.0952. The molecule has 0 aliphatic heterocycles. The molecule has 152 valence electrons. The molecule has 0 atom stereocenters. The number of halogens is 2. The number of rotatable bonds is 5. The summed E-state index contributed by atoms with van der Waals surface area (Å²) in [6.45, 7) is 3.95. The SMILES string of the molecule is Cc1cc(C)n(-c2ccc(Nc3cn(-c4c(Cl)cccc4Cl)nc3C(N)=O)cc2)n1. The van der Waals surface area contributed by atoms with E-state index < -0.39 is 5.91 Å². The highest BCUT2D eigenvalue weighted by molar-refractivity contribution is 6.37. The Morgan fingerprint density at radius 3 is 2.27 bits per heavy atom. The van der Waals surface area contributed by atoms with Crippen LogP contribution in [-0.2, 0) is 0 Å². The quantitative estimate of drug-likeness (QED) is 0.465. The molecule has 0 spiro atoms. The van der Waals surface area contributed by atoms with Crippen LogP contribution in [0.3, 0.4) is 0 Å². The molecule has 2 aromatic carbocycles. The summed E-state index contributed by atoms with van der Waals surface area (Å²) in [6.07, 6.45) is 1.63. The van der Waals surface area contributed by atoms with Gasteiger partial charge in [0.25, 0.3) is 5.91 Å². The Bertz CT molecular complexity index is 1220. The number of aromatic nitrogens is 4. The Balaban J connectivity index is 1.67. The van der Waals surface area contributed by atoms with E-state index >= 15 is 0 Å². The average molecular weight is 441 g/mol. The Morgan fingerprint density at radius 2 is 1.70 bits per heavy atom. The molecule has 30 heavy (non-hydrogen) atoms. The van der Waals surface area contributed by atoms with Crippen LogP contribution in [0.25, 0.3) is 11.4 Å². The summed E-state index contributed by atoms with van der Waals surface area (Å²) in [5.41, 5.74) is 10.2. The molecule has 1 amide bonds. The fourth-order valence-corrected chi connectivity index (χ4v) is 3.77. The van der Waals surface area contributed by atoms with Gasteiger partial charge >= 0.3 is 0 Å². The van der Waals surface area contributed by atoms with Gasteiger partial charge in [-0.3, -0.25) is 4.79 Å². The third-order valence-electron chi connectivity index (χ3n) is 4.51. The van der Waals surface area contributed by atoms with Crippen molar-refractivity contribution in [1.82, 2.24) is 19.6 Å². The molecule has 0 unspecified atom stereocenters. The van der Waals surface area contributed by atoms with E-state index in [1.165, 1.54) is 4.68 Å². The smallest absolute Gasteiger partial charge is 0.271 e. The van der Waals surface area contributed by atoms with Crippen LogP contribution >= 0.6 is 23.2 Å². The normalized spacial score (nSPS) is 10.9. The number of amides is 1. The van der Waals surface area contributed by atoms with Gasteiger partial charge in [-0.25, -0.2) is 9.36 Å². The number of nitrogens with zero attached hydrogens (tertiary/aromatic N) is 4. The van der Waals surface area contributed by atoms with Gasteiger partial charge in [0.15, 0.2) is 5.69 Å². The number of primary amides is 1. The maximum atomic E-state index is 11.9. The standard InChI is InChI=1S/C21H18Cl2N6O/c1-12-10-13(2)29(26-12)15-8-6-14(7-9-15)25-18-11-28(27-19(18)21(24)30)20-16(22)4-3-5-17(20)23/h3-11,25H,1-2H3,(H2,24,30). The minimum absolute atomic E-state index is 0.0774. The second-order valence-electron chi connectivity index (χ2n) is 6.78. The van der Waals surface area contributed by atoms with Gasteiger partial charge in [-0.05, 0) is 56.3 Å². The molecule has 2 aromatic heterocycles. The molecule has 7 nitrogen and oxygen atoms in total. The molecule has 4 aromatic rings. The number of aryl methyl sites for hydroxylation is 2. The first-order valence-electron chi connectivity index (χ1n) is 9.08. The second kappa shape index (κ2) is 7.85. The van der Waals surface area contributed by atoms with Gasteiger partial charge in [0.1, 0.15) is 5.69 Å². The summed E-state index contributed by atoms with van der Waals surface area (Å²) in [6, 6.07) is 14.8. The van der Waals surface area contributed by atoms with Crippen LogP contribution in [-0.4, -0.2) is 25.5 Å². The van der Waals surface area contributed by atoms with Crippen LogP contribution in [0.1, 0.15) is 21.9 Å². The molecule has 0 aliphatic carbocycles. The maximum Gasteiger partial charge on any atom is 0.271 e. The predicted octanol–water partition coefficient (Wildman–Crippen LogP) is 4.82. The summed E-state index contributed by atoms with van der Waals surface area (Å²) in [7, 11) is 0. The topological polar surface area (TPSA) is 90.8 Å². The van der Waals surface area contributed by atoms with Crippen LogP contribution in [0.15, 0.2) is 54.7 Å². The Morgan fingerprint density at radius 1 is 1.03 bits per heavy atom. The highest BCUT2D eigenvalue weighted by Gasteiger charge is 2.18. The molecule has 0 radical (unpaired) electrons. The zero-order chi connectivity index (χ0) is 21.4. The maximum absolute atomic E-state index is 11.9. The van der Waals surface area contributed by atoms with Gasteiger partial charge in [0, 0.05) is 11.4 Å². The fourth-order valence-electron chi connectivity index (χ4n) is 3.20. The summed E-state index contributed by atoms with van der Waals surface area (Å²) in [4.78, 5) is 11.9. The van der Waals surface area contributed by atoms with Crippen molar-refractivity contribution < 1.29 is 4.79 Å². The number of anilines is 2. The third-order valence-corrected chi connectivity index (χ3v) is 5.12. The van der Waals surface area contributed by atoms with E-state index in [9.17, 15) is 4.79 Å². The minimum Gasteiger partial charge on any atom is -0.364 e. The van der Waals surface area contributed by atoms with Crippen molar-refractivity contribution in [3.8, 4) is 11.4 Å². The molecule has 2 heterocycles. The number of nitrogens with one attached hydrogen (secondary N) is 1. The van der Waals surface area contributed by atoms with Gasteiger partial charge in [0.05, 0.1) is 33.3 Å². The lowest BCUT2D eigenvalue weighted by molar-refractivity contribution is 0.0996. The Kier molecular flexibility index (Phi) is 5.24. The number of carbonyl (C=O) groups is 1. The largest absolute Gasteiger partial charge is 0.364 e. The number of para-hydroxylation sites is 1. The van der Waals surface area contributed by atoms with E-state index in [1.54, 1.807) is 24.4 Å². The molecule has 0 aliphatic rings. The molecule has 4 rings (SSSR count). The minimum atomic E-state index is -0.668. The number of nitrogens with two attached hydrogens (primary N) is 1. The molecular weight excluding hydrogens is 423 g/mol. The highest BCUT2D eigenvalue weighted by atomic mass is 35.5. The van der Waals surface area contributed by atoms with E-state index in [2.05, 4.69) is 15.5 Å². The van der Waals surface area contributed by atoms with Crippen LogP contribution in [0, 0.1) is 13.8 Å². The molecule has 0 bridgehead atoms. The highest BCUT2D eigenvalue weighted by Crippen LogP contribution is 2.30. The summed E-state index contributed by atoms with van der Waals surface area (Å²) in [5, 5.41) is 12.7. The van der Waals surface area contributed by atoms with Crippen LogP contribution in [0.5, 0.6) is 0 Å². The first-order valence-corrected chi connectivity index (χ1v) is 9.83. The van der Waals surface area contributed by atoms with Gasteiger partial charge in [-0.2, -0.15) is 10.2 Å². The molecule has 0 saturated carbocycles. The van der Waals surface area contributed by atoms with Crippen molar-refractivity contribution in [2.24, 2.45) is 5.73 Å². The van der Waals surface area contributed by atoms with Crippen molar-refractivity contribution in [2.75, 3.05) is 5.32 Å². The zero-order valence-electron chi connectivity index (χ0n) is 16.2. The monoisotopic (exact) mass is 440 g/mol. The van der Waals surface area contributed by atoms with Crippen molar-refractivity contribution >= 4 is 40.5 Å². The van der Waals surface area contributed by atoms with E-state index in [-0.39, 0.29) is 5.69 Å². The van der Waals surface area contributed by atoms with Crippen molar-refractivity contribution in [2.45, 2.75) is 13.8 Å². The first kappa shape index (κ1) is 20.0. The van der Waals surface area contributed by atoms with Crippen molar-refractivity contribution in [3.63, 3.8) is 0 Å². The zero-order valence-corrected chi connectivity index (χ0v) is 17.7. The van der Waals surface area contributed by atoms with Gasteiger partial charge in [-0.1, -0.05) is 29.3 Å². The Labute approximate surface area is 183 Å². The van der Waals surface area contributed by atoms with Crippen LogP contribution in [0.4, 0.5) is 11.4 Å². The third kappa shape index (κ3) is 3.77. The van der Waals surface area contributed by atoms with Crippen LogP contribution < -0.4 is 11.1 Å². The van der Waals surface area contributed by atoms with Gasteiger partial charge in [-0.15, -0.1) is 0 Å². The van der Waals surface area contributed by atoms with Crippen LogP contribution in [0.2, 0.25) is 10.0 Å². The first-order chi connectivity index (χ1) is 14.3. The lowest BCUT2D eigenvalue weighted by Gasteiger charge is -2.08. The molecular formula is C21H18Cl2N6O. The molecule has 0 fully saturated rings. The van der Waals surface area contributed by atoms with Gasteiger partial charge in [0.2, 0.25) is 0 Å².